The van der Waals surface area contributed by atoms with E-state index in [-0.39, 0.29) is 0 Å². The minimum absolute atomic E-state index is 0.407. The summed E-state index contributed by atoms with van der Waals surface area (Å²) in [6, 6.07) is 25.6. The molecule has 7 heteroatoms. The number of rotatable bonds is 8. The third kappa shape index (κ3) is 4.77. The fourth-order valence-electron chi connectivity index (χ4n) is 3.47. The summed E-state index contributed by atoms with van der Waals surface area (Å²) in [6.45, 7) is 0.819. The number of nitrogens with one attached hydrogen (secondary N) is 1. The van der Waals surface area contributed by atoms with Crippen LogP contribution in [-0.4, -0.2) is 27.3 Å². The molecule has 0 unspecified atom stereocenters. The van der Waals surface area contributed by atoms with Gasteiger partial charge in [-0.05, 0) is 48.0 Å². The minimum Gasteiger partial charge on any atom is -0.493 e. The number of ether oxygens (including phenoxy) is 3. The molecule has 2 aromatic heterocycles. The zero-order valence-corrected chi connectivity index (χ0v) is 18.1. The Labute approximate surface area is 191 Å². The van der Waals surface area contributed by atoms with Crippen LogP contribution in [0.4, 0.5) is 0 Å². The van der Waals surface area contributed by atoms with E-state index in [2.05, 4.69) is 26.2 Å². The van der Waals surface area contributed by atoms with Crippen molar-refractivity contribution in [2.24, 2.45) is 0 Å². The summed E-state index contributed by atoms with van der Waals surface area (Å²) in [5, 5.41) is 7.84. The first kappa shape index (κ1) is 20.5. The van der Waals surface area contributed by atoms with E-state index in [0.29, 0.717) is 30.5 Å². The maximum absolute atomic E-state index is 5.97. The normalized spacial score (nSPS) is 10.8. The van der Waals surface area contributed by atoms with Crippen LogP contribution in [0.3, 0.4) is 0 Å². The molecular weight excluding hydrogens is 416 g/mol. The average molecular weight is 438 g/mol. The minimum atomic E-state index is 0.407. The van der Waals surface area contributed by atoms with E-state index >= 15 is 0 Å². The van der Waals surface area contributed by atoms with Gasteiger partial charge in [0, 0.05) is 10.9 Å². The van der Waals surface area contributed by atoms with Crippen LogP contribution >= 0.6 is 0 Å². The number of para-hydroxylation sites is 1. The average Bonchev–Trinajstić information content (AvgIpc) is 3.42. The number of benzene rings is 3. The molecule has 5 rings (SSSR count). The van der Waals surface area contributed by atoms with Gasteiger partial charge in [0.1, 0.15) is 25.3 Å². The second-order valence-electron chi connectivity index (χ2n) is 7.42. The van der Waals surface area contributed by atoms with E-state index in [4.69, 9.17) is 14.2 Å². The summed E-state index contributed by atoms with van der Waals surface area (Å²) in [7, 11) is 1.61. The van der Waals surface area contributed by atoms with Crippen LogP contribution in [0, 0.1) is 0 Å². The first-order chi connectivity index (χ1) is 16.3. The van der Waals surface area contributed by atoms with Gasteiger partial charge in [-0.2, -0.15) is 5.10 Å². The summed E-state index contributed by atoms with van der Waals surface area (Å²) >= 11 is 0. The molecule has 0 fully saturated rings. The first-order valence-corrected chi connectivity index (χ1v) is 10.5. The molecule has 164 valence electrons. The Kier molecular flexibility index (Phi) is 5.84. The fraction of sp³-hybridized carbons (Fsp3) is 0.115. The van der Waals surface area contributed by atoms with E-state index in [1.165, 1.54) is 6.33 Å². The quantitative estimate of drug-likeness (QED) is 0.359. The van der Waals surface area contributed by atoms with Gasteiger partial charge >= 0.3 is 0 Å². The van der Waals surface area contributed by atoms with Crippen LogP contribution in [-0.2, 0) is 13.2 Å². The lowest BCUT2D eigenvalue weighted by molar-refractivity contribution is 0.283. The van der Waals surface area contributed by atoms with Crippen LogP contribution in [0.15, 0.2) is 85.2 Å². The van der Waals surface area contributed by atoms with E-state index < -0.39 is 0 Å². The summed E-state index contributed by atoms with van der Waals surface area (Å²) < 4.78 is 17.4. The van der Waals surface area contributed by atoms with Crippen molar-refractivity contribution < 1.29 is 14.2 Å². The number of pyridine rings is 1. The Bertz CT molecular complexity index is 1350. The topological polar surface area (TPSA) is 82.2 Å². The van der Waals surface area contributed by atoms with Crippen molar-refractivity contribution >= 4 is 10.9 Å². The lowest BCUT2D eigenvalue weighted by atomic mass is 10.2. The van der Waals surface area contributed by atoms with Crippen LogP contribution in [0.25, 0.3) is 22.3 Å². The largest absolute Gasteiger partial charge is 0.493 e. The maximum atomic E-state index is 5.97. The van der Waals surface area contributed by atoms with Crippen LogP contribution in [0.5, 0.6) is 17.2 Å². The van der Waals surface area contributed by atoms with Crippen molar-refractivity contribution in [1.29, 1.82) is 0 Å². The molecule has 0 radical (unpaired) electrons. The van der Waals surface area contributed by atoms with E-state index in [1.54, 1.807) is 7.11 Å². The van der Waals surface area contributed by atoms with Gasteiger partial charge in [0.15, 0.2) is 17.3 Å². The predicted molar refractivity (Wildman–Crippen MR) is 125 cm³/mol. The first-order valence-electron chi connectivity index (χ1n) is 10.5. The predicted octanol–water partition coefficient (Wildman–Crippen LogP) is 5.19. The molecule has 0 aliphatic rings. The Balaban J connectivity index is 1.19. The highest BCUT2D eigenvalue weighted by molar-refractivity contribution is 5.78. The van der Waals surface area contributed by atoms with Gasteiger partial charge in [0.05, 0.1) is 18.3 Å². The fourth-order valence-corrected chi connectivity index (χ4v) is 3.47. The van der Waals surface area contributed by atoms with Crippen molar-refractivity contribution in [2.45, 2.75) is 13.2 Å². The van der Waals surface area contributed by atoms with Crippen molar-refractivity contribution in [3.63, 3.8) is 0 Å². The molecule has 0 amide bonds. The highest BCUT2D eigenvalue weighted by atomic mass is 16.5. The number of hydrogen-bond acceptors (Lipinski definition) is 6. The number of aromatic nitrogens is 4. The zero-order chi connectivity index (χ0) is 22.5. The molecule has 7 nitrogen and oxygen atoms in total. The number of aromatic amines is 1. The van der Waals surface area contributed by atoms with Crippen molar-refractivity contribution in [3.05, 3.63) is 96.4 Å². The molecule has 3 aromatic carbocycles. The molecule has 33 heavy (non-hydrogen) atoms. The Morgan fingerprint density at radius 1 is 0.818 bits per heavy atom. The number of H-pyrrole nitrogens is 1. The Hall–Kier alpha value is -4.39. The molecule has 0 aliphatic heterocycles. The standard InChI is InChI=1S/C26H22N4O3/c1-31-25-14-20(26-27-17-28-30-26)9-13-24(25)33-15-18-6-11-22(12-7-18)32-16-21-10-8-19-4-2-3-5-23(19)29-21/h2-14,17H,15-16H2,1H3,(H,27,28,30). The number of nitrogens with zero attached hydrogens (tertiary/aromatic N) is 3. The number of methoxy groups -OCH3 is 1. The van der Waals surface area contributed by atoms with Gasteiger partial charge in [-0.3, -0.25) is 5.10 Å². The zero-order valence-electron chi connectivity index (χ0n) is 18.1. The van der Waals surface area contributed by atoms with Gasteiger partial charge in [-0.15, -0.1) is 0 Å². The van der Waals surface area contributed by atoms with Gasteiger partial charge in [-0.1, -0.05) is 36.4 Å². The lowest BCUT2D eigenvalue weighted by Gasteiger charge is -2.12. The van der Waals surface area contributed by atoms with Crippen LogP contribution in [0.2, 0.25) is 0 Å². The molecule has 1 N–H and O–H groups in total. The summed E-state index contributed by atoms with van der Waals surface area (Å²) in [6.07, 6.45) is 1.47. The van der Waals surface area contributed by atoms with Crippen LogP contribution < -0.4 is 14.2 Å². The van der Waals surface area contributed by atoms with E-state index in [0.717, 1.165) is 33.5 Å². The van der Waals surface area contributed by atoms with E-state index in [1.807, 2.05) is 72.8 Å². The lowest BCUT2D eigenvalue weighted by Crippen LogP contribution is -2.00. The highest BCUT2D eigenvalue weighted by Crippen LogP contribution is 2.32. The molecule has 0 aliphatic carbocycles. The summed E-state index contributed by atoms with van der Waals surface area (Å²) in [5.41, 5.74) is 3.75. The molecule has 2 heterocycles. The Morgan fingerprint density at radius 3 is 2.52 bits per heavy atom. The molecule has 0 atom stereocenters. The summed E-state index contributed by atoms with van der Waals surface area (Å²) in [4.78, 5) is 8.81. The van der Waals surface area contributed by atoms with Crippen LogP contribution in [0.1, 0.15) is 11.3 Å². The molecular formula is C26H22N4O3. The molecule has 5 aromatic rings. The molecule has 0 spiro atoms. The molecule has 0 saturated heterocycles. The maximum Gasteiger partial charge on any atom is 0.161 e. The second kappa shape index (κ2) is 9.40. The van der Waals surface area contributed by atoms with Gasteiger partial charge in [-0.25, -0.2) is 9.97 Å². The summed E-state index contributed by atoms with van der Waals surface area (Å²) in [5.74, 6) is 2.74. The third-order valence-corrected chi connectivity index (χ3v) is 5.21. The second-order valence-corrected chi connectivity index (χ2v) is 7.42. The van der Waals surface area contributed by atoms with Crippen molar-refractivity contribution in [3.8, 4) is 28.6 Å². The number of hydrogen-bond donors (Lipinski definition) is 1. The SMILES string of the molecule is COc1cc(-c2ncn[nH]2)ccc1OCc1ccc(OCc2ccc3ccccc3n2)cc1. The van der Waals surface area contributed by atoms with Gasteiger partial charge in [0.25, 0.3) is 0 Å². The van der Waals surface area contributed by atoms with Crippen molar-refractivity contribution in [1.82, 2.24) is 20.2 Å². The highest BCUT2D eigenvalue weighted by Gasteiger charge is 2.09. The smallest absolute Gasteiger partial charge is 0.161 e. The van der Waals surface area contributed by atoms with E-state index in [9.17, 15) is 0 Å². The molecule has 0 bridgehead atoms. The molecule has 0 saturated carbocycles. The Morgan fingerprint density at radius 2 is 1.70 bits per heavy atom. The van der Waals surface area contributed by atoms with Gasteiger partial charge in [0.2, 0.25) is 0 Å². The number of fused-ring (bicyclic) bond motifs is 1. The van der Waals surface area contributed by atoms with Crippen molar-refractivity contribution in [2.75, 3.05) is 7.11 Å². The monoisotopic (exact) mass is 438 g/mol. The van der Waals surface area contributed by atoms with Gasteiger partial charge < -0.3 is 14.2 Å². The third-order valence-electron chi connectivity index (χ3n) is 5.21.